The van der Waals surface area contributed by atoms with Crippen LogP contribution in [0.15, 0.2) is 231 Å². The number of aromatic nitrogens is 2. The minimum atomic E-state index is -0.384. The van der Waals surface area contributed by atoms with Crippen LogP contribution >= 0.6 is 0 Å². The molecule has 2 nitrogen and oxygen atoms in total. The van der Waals surface area contributed by atoms with Crippen molar-refractivity contribution in [1.82, 2.24) is 9.13 Å². The Balaban J connectivity index is 0.980. The highest BCUT2D eigenvalue weighted by Crippen LogP contribution is 2.63. The second-order valence-corrected chi connectivity index (χ2v) is 17.2. The van der Waals surface area contributed by atoms with Crippen LogP contribution in [0.1, 0.15) is 22.3 Å². The molecule has 0 N–H and O–H groups in total. The molecule has 0 aliphatic heterocycles. The minimum Gasteiger partial charge on any atom is -0.309 e. The van der Waals surface area contributed by atoms with Crippen LogP contribution in [-0.4, -0.2) is 9.13 Å². The molecular weight excluding hydrogens is 761 g/mol. The zero-order valence-corrected chi connectivity index (χ0v) is 34.3. The van der Waals surface area contributed by atoms with E-state index in [1.165, 1.54) is 110 Å². The largest absolute Gasteiger partial charge is 0.309 e. The Labute approximate surface area is 365 Å². The summed E-state index contributed by atoms with van der Waals surface area (Å²) in [7, 11) is 0. The van der Waals surface area contributed by atoms with Gasteiger partial charge in [-0.2, -0.15) is 0 Å². The molecule has 2 heteroatoms. The number of fused-ring (bicyclic) bond motifs is 16. The second-order valence-electron chi connectivity index (χ2n) is 17.2. The molecule has 0 saturated carbocycles. The molecule has 0 unspecified atom stereocenters. The van der Waals surface area contributed by atoms with E-state index in [1.54, 1.807) is 0 Å². The number of rotatable bonds is 4. The van der Waals surface area contributed by atoms with Gasteiger partial charge in [-0.15, -0.1) is 0 Å². The van der Waals surface area contributed by atoms with Crippen molar-refractivity contribution in [1.29, 1.82) is 0 Å². The van der Waals surface area contributed by atoms with Crippen LogP contribution in [0.5, 0.6) is 0 Å². The Kier molecular flexibility index (Phi) is 7.07. The SMILES string of the molecule is c1ccc(-n2c3ccc(-c4ccc5c(c4)C4(c6ccccc6-c6ccccc64)c4ccccc4-5)cc3c3cc(-c4ccc5c6ccccc6n(-c6ccccc6)c5c4)ccc32)cc1. The average Bonchev–Trinajstić information content (AvgIpc) is 4.06. The van der Waals surface area contributed by atoms with Gasteiger partial charge >= 0.3 is 0 Å². The van der Waals surface area contributed by atoms with Crippen molar-refractivity contribution >= 4 is 43.6 Å². The van der Waals surface area contributed by atoms with Crippen molar-refractivity contribution < 1.29 is 0 Å². The van der Waals surface area contributed by atoms with E-state index in [-0.39, 0.29) is 5.41 Å². The Morgan fingerprint density at radius 2 is 0.635 bits per heavy atom. The molecule has 2 heterocycles. The number of benzene rings is 10. The van der Waals surface area contributed by atoms with Gasteiger partial charge in [0.15, 0.2) is 0 Å². The molecule has 1 spiro atoms. The van der Waals surface area contributed by atoms with Crippen LogP contribution in [0.25, 0.3) is 99.5 Å². The topological polar surface area (TPSA) is 9.86 Å². The van der Waals surface area contributed by atoms with Crippen LogP contribution in [0.3, 0.4) is 0 Å². The van der Waals surface area contributed by atoms with Gasteiger partial charge in [0.25, 0.3) is 0 Å². The Bertz CT molecular complexity index is 3780. The van der Waals surface area contributed by atoms with Gasteiger partial charge in [-0.25, -0.2) is 0 Å². The van der Waals surface area contributed by atoms with E-state index in [4.69, 9.17) is 0 Å². The molecule has 0 bridgehead atoms. The van der Waals surface area contributed by atoms with Gasteiger partial charge in [0.2, 0.25) is 0 Å². The summed E-state index contributed by atoms with van der Waals surface area (Å²) in [5.74, 6) is 0. The standard InChI is InChI=1S/C61H38N2/c1-3-15-43(16-4-1)62-58-33-29-39(41-27-31-48-47-21-9-13-25-55(47)61(56(48)37-41)53-23-11-7-19-45(53)46-20-8-12-24-54(46)61)35-51(58)52-36-40(30-34-59(52)62)42-28-32-50-49-22-10-14-26-57(49)63(60(50)38-42)44-17-5-2-6-18-44/h1-38H. The van der Waals surface area contributed by atoms with Gasteiger partial charge in [0.1, 0.15) is 0 Å². The molecule has 2 aliphatic carbocycles. The molecule has 10 aromatic carbocycles. The third-order valence-electron chi connectivity index (χ3n) is 14.1. The molecule has 63 heavy (non-hydrogen) atoms. The fraction of sp³-hybridized carbons (Fsp3) is 0.0164. The molecule has 0 radical (unpaired) electrons. The summed E-state index contributed by atoms with van der Waals surface area (Å²) in [4.78, 5) is 0. The zero-order chi connectivity index (χ0) is 41.2. The number of hydrogen-bond acceptors (Lipinski definition) is 0. The molecule has 0 saturated heterocycles. The summed E-state index contributed by atoms with van der Waals surface area (Å²) in [6.45, 7) is 0. The van der Waals surface area contributed by atoms with Gasteiger partial charge in [-0.3, -0.25) is 0 Å². The summed E-state index contributed by atoms with van der Waals surface area (Å²) < 4.78 is 4.83. The first-order valence-electron chi connectivity index (χ1n) is 21.9. The third kappa shape index (κ3) is 4.67. The normalized spacial score (nSPS) is 13.2. The van der Waals surface area contributed by atoms with Crippen molar-refractivity contribution in [3.63, 3.8) is 0 Å². The maximum absolute atomic E-state index is 2.50. The van der Waals surface area contributed by atoms with Crippen molar-refractivity contribution in [2.24, 2.45) is 0 Å². The van der Waals surface area contributed by atoms with Crippen molar-refractivity contribution in [3.05, 3.63) is 253 Å². The summed E-state index contributed by atoms with van der Waals surface area (Å²) in [5, 5.41) is 5.00. The van der Waals surface area contributed by atoms with E-state index in [0.717, 1.165) is 11.4 Å². The Morgan fingerprint density at radius 3 is 1.22 bits per heavy atom. The highest BCUT2D eigenvalue weighted by Gasteiger charge is 2.51. The summed E-state index contributed by atoms with van der Waals surface area (Å²) in [5.41, 5.74) is 22.3. The highest BCUT2D eigenvalue weighted by molar-refractivity contribution is 6.13. The molecule has 0 amide bonds. The fourth-order valence-corrected chi connectivity index (χ4v) is 11.5. The predicted molar refractivity (Wildman–Crippen MR) is 262 cm³/mol. The summed E-state index contributed by atoms with van der Waals surface area (Å²) in [6.07, 6.45) is 0. The molecule has 12 aromatic rings. The Hall–Kier alpha value is -8.20. The van der Waals surface area contributed by atoms with E-state index in [2.05, 4.69) is 240 Å². The zero-order valence-electron chi connectivity index (χ0n) is 34.3. The van der Waals surface area contributed by atoms with Gasteiger partial charge in [0, 0.05) is 32.9 Å². The van der Waals surface area contributed by atoms with E-state index >= 15 is 0 Å². The molecule has 292 valence electrons. The molecular formula is C61H38N2. The second kappa shape index (κ2) is 12.9. The van der Waals surface area contributed by atoms with Crippen LogP contribution in [-0.2, 0) is 5.41 Å². The lowest BCUT2D eigenvalue weighted by atomic mass is 9.70. The maximum atomic E-state index is 2.50. The summed E-state index contributed by atoms with van der Waals surface area (Å²) in [6, 6.07) is 85.8. The van der Waals surface area contributed by atoms with Crippen molar-refractivity contribution in [3.8, 4) is 55.9 Å². The lowest BCUT2D eigenvalue weighted by molar-refractivity contribution is 0.794. The van der Waals surface area contributed by atoms with Crippen LogP contribution < -0.4 is 0 Å². The van der Waals surface area contributed by atoms with Gasteiger partial charge < -0.3 is 9.13 Å². The number of hydrogen-bond donors (Lipinski definition) is 0. The van der Waals surface area contributed by atoms with Crippen LogP contribution in [0.2, 0.25) is 0 Å². The molecule has 0 atom stereocenters. The lowest BCUT2D eigenvalue weighted by Gasteiger charge is -2.30. The lowest BCUT2D eigenvalue weighted by Crippen LogP contribution is -2.25. The van der Waals surface area contributed by atoms with Crippen LogP contribution in [0, 0.1) is 0 Å². The van der Waals surface area contributed by atoms with Crippen molar-refractivity contribution in [2.45, 2.75) is 5.41 Å². The number of nitrogens with zero attached hydrogens (tertiary/aromatic N) is 2. The first-order valence-corrected chi connectivity index (χ1v) is 21.9. The molecule has 14 rings (SSSR count). The monoisotopic (exact) mass is 798 g/mol. The molecule has 0 fully saturated rings. The van der Waals surface area contributed by atoms with E-state index < -0.39 is 0 Å². The fourth-order valence-electron chi connectivity index (χ4n) is 11.5. The average molecular weight is 799 g/mol. The first kappa shape index (κ1) is 34.5. The van der Waals surface area contributed by atoms with Gasteiger partial charge in [0.05, 0.1) is 27.5 Å². The molecule has 2 aliphatic rings. The maximum Gasteiger partial charge on any atom is 0.0725 e. The van der Waals surface area contributed by atoms with E-state index in [1.807, 2.05) is 0 Å². The quantitative estimate of drug-likeness (QED) is 0.168. The smallest absolute Gasteiger partial charge is 0.0725 e. The van der Waals surface area contributed by atoms with E-state index in [0.29, 0.717) is 0 Å². The Morgan fingerprint density at radius 1 is 0.238 bits per heavy atom. The van der Waals surface area contributed by atoms with Gasteiger partial charge in [-0.1, -0.05) is 164 Å². The van der Waals surface area contributed by atoms with E-state index in [9.17, 15) is 0 Å². The minimum absolute atomic E-state index is 0.384. The summed E-state index contributed by atoms with van der Waals surface area (Å²) >= 11 is 0. The third-order valence-corrected chi connectivity index (χ3v) is 14.1. The predicted octanol–water partition coefficient (Wildman–Crippen LogP) is 15.6. The number of para-hydroxylation sites is 3. The van der Waals surface area contributed by atoms with Crippen molar-refractivity contribution in [2.75, 3.05) is 0 Å². The highest BCUT2D eigenvalue weighted by atomic mass is 15.0. The van der Waals surface area contributed by atoms with Gasteiger partial charge in [-0.05, 0) is 133 Å². The molecule has 2 aromatic heterocycles. The first-order chi connectivity index (χ1) is 31.3. The van der Waals surface area contributed by atoms with Crippen LogP contribution in [0.4, 0.5) is 0 Å².